The molecule has 2 heterocycles. The van der Waals surface area contributed by atoms with E-state index >= 15 is 0 Å². The van der Waals surface area contributed by atoms with Gasteiger partial charge in [0.05, 0.1) is 17.5 Å². The number of rotatable bonds is 6. The lowest BCUT2D eigenvalue weighted by molar-refractivity contribution is -0.151. The van der Waals surface area contributed by atoms with Crippen LogP contribution in [0.3, 0.4) is 0 Å². The van der Waals surface area contributed by atoms with Crippen molar-refractivity contribution in [3.05, 3.63) is 45.1 Å². The fraction of sp³-hybridized carbons (Fsp3) is 0.450. The number of halogens is 2. The zero-order valence-corrected chi connectivity index (χ0v) is 17.2. The van der Waals surface area contributed by atoms with Crippen LogP contribution in [0.5, 0.6) is 0 Å². The van der Waals surface area contributed by atoms with Crippen LogP contribution in [0.25, 0.3) is 11.4 Å². The van der Waals surface area contributed by atoms with Crippen LogP contribution in [-0.4, -0.2) is 51.7 Å². The van der Waals surface area contributed by atoms with Crippen molar-refractivity contribution in [2.45, 2.75) is 32.6 Å². The molecule has 0 saturated carbocycles. The number of benzene rings is 1. The van der Waals surface area contributed by atoms with Gasteiger partial charge in [-0.15, -0.1) is 10.2 Å². The number of carbonyl (C=O) groups is 2. The van der Waals surface area contributed by atoms with E-state index in [-0.39, 0.29) is 47.2 Å². The molecule has 0 unspecified atom stereocenters. The van der Waals surface area contributed by atoms with E-state index in [1.165, 1.54) is 18.2 Å². The molecule has 1 fully saturated rings. The number of hydrogen-bond donors (Lipinski definition) is 1. The zero-order valence-electron chi connectivity index (χ0n) is 16.5. The van der Waals surface area contributed by atoms with Gasteiger partial charge in [-0.1, -0.05) is 11.6 Å². The third kappa shape index (κ3) is 5.21. The Morgan fingerprint density at radius 1 is 1.37 bits per heavy atom. The molecule has 1 saturated heterocycles. The average molecular weight is 437 g/mol. The predicted molar refractivity (Wildman–Crippen MR) is 107 cm³/mol. The maximum absolute atomic E-state index is 13.3. The first-order valence-electron chi connectivity index (χ1n) is 9.74. The van der Waals surface area contributed by atoms with E-state index in [1.807, 2.05) is 0 Å². The molecule has 1 aliphatic heterocycles. The van der Waals surface area contributed by atoms with E-state index in [1.54, 1.807) is 11.8 Å². The van der Waals surface area contributed by atoms with E-state index < -0.39 is 11.4 Å². The Bertz CT molecular complexity index is 997. The number of ether oxygens (including phenoxy) is 1. The third-order valence-corrected chi connectivity index (χ3v) is 5.22. The molecule has 0 aliphatic carbocycles. The quantitative estimate of drug-likeness (QED) is 0.697. The Morgan fingerprint density at radius 2 is 2.17 bits per heavy atom. The van der Waals surface area contributed by atoms with Crippen molar-refractivity contribution in [2.75, 3.05) is 19.7 Å². The minimum atomic E-state index is -0.575. The monoisotopic (exact) mass is 436 g/mol. The number of nitrogens with one attached hydrogen (secondary N) is 1. The molecule has 1 N–H and O–H groups in total. The van der Waals surface area contributed by atoms with Crippen molar-refractivity contribution in [3.8, 4) is 11.4 Å². The minimum absolute atomic E-state index is 0.0784. The first-order chi connectivity index (χ1) is 14.4. The first kappa shape index (κ1) is 21.9. The molecule has 1 amide bonds. The number of likely N-dealkylation sites (tertiary alicyclic amines) is 1. The summed E-state index contributed by atoms with van der Waals surface area (Å²) in [5, 5.41) is 7.78. The van der Waals surface area contributed by atoms with E-state index in [0.717, 1.165) is 6.42 Å². The van der Waals surface area contributed by atoms with Crippen LogP contribution in [0.15, 0.2) is 23.0 Å². The van der Waals surface area contributed by atoms with Gasteiger partial charge in [0, 0.05) is 31.5 Å². The number of esters is 1. The van der Waals surface area contributed by atoms with Crippen LogP contribution < -0.4 is 5.56 Å². The van der Waals surface area contributed by atoms with Gasteiger partial charge < -0.3 is 14.6 Å². The lowest BCUT2D eigenvalue weighted by atomic mass is 9.98. The molecule has 10 heteroatoms. The number of aromatic amines is 1. The summed E-state index contributed by atoms with van der Waals surface area (Å²) in [6.45, 7) is 2.95. The first-order valence-corrected chi connectivity index (χ1v) is 10.1. The number of aryl methyl sites for hydroxylation is 1. The minimum Gasteiger partial charge on any atom is -0.466 e. The Morgan fingerprint density at radius 3 is 2.87 bits per heavy atom. The van der Waals surface area contributed by atoms with Gasteiger partial charge >= 0.3 is 5.97 Å². The second-order valence-electron chi connectivity index (χ2n) is 7.01. The number of hydrogen-bond acceptors (Lipinski definition) is 6. The molecule has 160 valence electrons. The molecule has 1 atom stereocenters. The topological polar surface area (TPSA) is 105 Å². The van der Waals surface area contributed by atoms with Crippen LogP contribution in [0.1, 0.15) is 31.9 Å². The Labute approximate surface area is 177 Å². The SMILES string of the molecule is CCOC(=O)[C@@H]1CCCN(C(=O)CCc2nnc(-c3ccc(F)c(Cl)c3)[nH]c2=O)C1. The third-order valence-electron chi connectivity index (χ3n) is 4.93. The van der Waals surface area contributed by atoms with E-state index in [4.69, 9.17) is 16.3 Å². The Kier molecular flexibility index (Phi) is 7.15. The summed E-state index contributed by atoms with van der Waals surface area (Å²) in [4.78, 5) is 41.0. The highest BCUT2D eigenvalue weighted by Gasteiger charge is 2.29. The van der Waals surface area contributed by atoms with Crippen LogP contribution in [-0.2, 0) is 20.7 Å². The van der Waals surface area contributed by atoms with Gasteiger partial charge in [0.1, 0.15) is 11.5 Å². The van der Waals surface area contributed by atoms with Gasteiger partial charge in [-0.25, -0.2) is 4.39 Å². The van der Waals surface area contributed by atoms with Gasteiger partial charge in [0.25, 0.3) is 5.56 Å². The number of amides is 1. The zero-order chi connectivity index (χ0) is 21.7. The van der Waals surface area contributed by atoms with Gasteiger partial charge in [0.15, 0.2) is 5.82 Å². The van der Waals surface area contributed by atoms with Crippen LogP contribution in [0, 0.1) is 11.7 Å². The van der Waals surface area contributed by atoms with E-state index in [9.17, 15) is 18.8 Å². The van der Waals surface area contributed by atoms with Crippen molar-refractivity contribution in [2.24, 2.45) is 5.92 Å². The number of aromatic nitrogens is 3. The summed E-state index contributed by atoms with van der Waals surface area (Å²) in [6, 6.07) is 3.95. The smallest absolute Gasteiger partial charge is 0.310 e. The molecule has 1 aromatic heterocycles. The summed E-state index contributed by atoms with van der Waals surface area (Å²) in [7, 11) is 0. The lowest BCUT2D eigenvalue weighted by Crippen LogP contribution is -2.43. The fourth-order valence-electron chi connectivity index (χ4n) is 3.34. The number of nitrogens with zero attached hydrogens (tertiary/aromatic N) is 3. The lowest BCUT2D eigenvalue weighted by Gasteiger charge is -2.31. The van der Waals surface area contributed by atoms with Gasteiger partial charge in [0.2, 0.25) is 5.91 Å². The Hall–Kier alpha value is -2.81. The number of piperidine rings is 1. The molecular formula is C20H22ClFN4O4. The molecule has 2 aromatic rings. The molecule has 1 aromatic carbocycles. The van der Waals surface area contributed by atoms with E-state index in [0.29, 0.717) is 31.7 Å². The van der Waals surface area contributed by atoms with Gasteiger partial charge in [-0.05, 0) is 38.0 Å². The molecule has 3 rings (SSSR count). The van der Waals surface area contributed by atoms with Gasteiger partial charge in [-0.3, -0.25) is 14.4 Å². The molecule has 1 aliphatic rings. The summed E-state index contributed by atoms with van der Waals surface area (Å²) in [5.74, 6) is -1.17. The molecular weight excluding hydrogens is 415 g/mol. The second kappa shape index (κ2) is 9.80. The van der Waals surface area contributed by atoms with Crippen molar-refractivity contribution in [1.82, 2.24) is 20.1 Å². The Balaban J connectivity index is 1.61. The molecule has 30 heavy (non-hydrogen) atoms. The maximum Gasteiger partial charge on any atom is 0.310 e. The average Bonchev–Trinajstić information content (AvgIpc) is 2.75. The number of carbonyl (C=O) groups excluding carboxylic acids is 2. The number of H-pyrrole nitrogens is 1. The molecule has 0 bridgehead atoms. The predicted octanol–water partition coefficient (Wildman–Crippen LogP) is 2.36. The van der Waals surface area contributed by atoms with Crippen LogP contribution in [0.4, 0.5) is 4.39 Å². The summed E-state index contributed by atoms with van der Waals surface area (Å²) >= 11 is 5.75. The summed E-state index contributed by atoms with van der Waals surface area (Å²) in [5.41, 5.74) is 0.0718. The fourth-order valence-corrected chi connectivity index (χ4v) is 3.52. The van der Waals surface area contributed by atoms with E-state index in [2.05, 4.69) is 15.2 Å². The van der Waals surface area contributed by atoms with Crippen LogP contribution >= 0.6 is 11.6 Å². The normalized spacial score (nSPS) is 16.4. The maximum atomic E-state index is 13.3. The highest BCUT2D eigenvalue weighted by Crippen LogP contribution is 2.22. The molecule has 0 radical (unpaired) electrons. The van der Waals surface area contributed by atoms with Crippen molar-refractivity contribution >= 4 is 23.5 Å². The molecule has 0 spiro atoms. The van der Waals surface area contributed by atoms with Crippen LogP contribution in [0.2, 0.25) is 5.02 Å². The second-order valence-corrected chi connectivity index (χ2v) is 7.42. The summed E-state index contributed by atoms with van der Waals surface area (Å²) in [6.07, 6.45) is 1.62. The standard InChI is InChI=1S/C20H22ClFN4O4/c1-2-30-20(29)13-4-3-9-26(11-13)17(27)8-7-16-19(28)23-18(25-24-16)12-5-6-15(22)14(21)10-12/h5-6,10,13H,2-4,7-9,11H2,1H3,(H,23,25,28)/t13-/m1/s1. The summed E-state index contributed by atoms with van der Waals surface area (Å²) < 4.78 is 18.3. The van der Waals surface area contributed by atoms with Crippen molar-refractivity contribution in [3.63, 3.8) is 0 Å². The highest BCUT2D eigenvalue weighted by atomic mass is 35.5. The van der Waals surface area contributed by atoms with Crippen molar-refractivity contribution < 1.29 is 18.7 Å². The van der Waals surface area contributed by atoms with Gasteiger partial charge in [-0.2, -0.15) is 0 Å². The largest absolute Gasteiger partial charge is 0.466 e. The molecule has 8 nitrogen and oxygen atoms in total. The van der Waals surface area contributed by atoms with Crippen molar-refractivity contribution in [1.29, 1.82) is 0 Å². The highest BCUT2D eigenvalue weighted by molar-refractivity contribution is 6.31.